The van der Waals surface area contributed by atoms with Gasteiger partial charge in [0.05, 0.1) is 23.0 Å². The number of hydrogen-bond acceptors (Lipinski definition) is 5. The fraction of sp³-hybridized carbons (Fsp3) is 0.667. The summed E-state index contributed by atoms with van der Waals surface area (Å²) in [5.41, 5.74) is -0.669. The molecular weight excluding hydrogens is 388 g/mol. The monoisotopic (exact) mass is 418 g/mol. The largest absolute Gasteiger partial charge is 0.379 e. The Morgan fingerprint density at radius 2 is 1.41 bits per heavy atom. The number of hydrogen-bond donors (Lipinski definition) is 1. The molecule has 0 amide bonds. The van der Waals surface area contributed by atoms with Crippen molar-refractivity contribution in [1.82, 2.24) is 9.03 Å². The fourth-order valence-electron chi connectivity index (χ4n) is 3.51. The minimum Gasteiger partial charge on any atom is -0.379 e. The van der Waals surface area contributed by atoms with E-state index in [-0.39, 0.29) is 15.2 Å². The van der Waals surface area contributed by atoms with E-state index < -0.39 is 25.6 Å². The minimum atomic E-state index is -3.76. The van der Waals surface area contributed by atoms with Crippen molar-refractivity contribution in [3.63, 3.8) is 0 Å². The van der Waals surface area contributed by atoms with Crippen molar-refractivity contribution in [3.05, 3.63) is 24.3 Å². The van der Waals surface area contributed by atoms with Crippen LogP contribution in [0.2, 0.25) is 0 Å². The molecule has 0 spiro atoms. The van der Waals surface area contributed by atoms with E-state index in [1.54, 1.807) is 0 Å². The Morgan fingerprint density at radius 1 is 0.926 bits per heavy atom. The van der Waals surface area contributed by atoms with E-state index in [9.17, 15) is 16.8 Å². The van der Waals surface area contributed by atoms with Crippen LogP contribution in [-0.2, 0) is 24.8 Å². The zero-order chi connectivity index (χ0) is 20.5. The minimum absolute atomic E-state index is 0.0396. The number of nitrogens with zero attached hydrogens (tertiary/aromatic N) is 1. The highest BCUT2D eigenvalue weighted by Gasteiger charge is 2.31. The third-order valence-electron chi connectivity index (χ3n) is 4.12. The Labute approximate surface area is 163 Å². The van der Waals surface area contributed by atoms with Gasteiger partial charge in [0.15, 0.2) is 0 Å². The smallest absolute Gasteiger partial charge is 0.243 e. The number of sulfonamides is 2. The molecule has 1 N–H and O–H groups in total. The van der Waals surface area contributed by atoms with Crippen molar-refractivity contribution < 1.29 is 21.6 Å². The molecule has 2 rings (SSSR count). The summed E-state index contributed by atoms with van der Waals surface area (Å²) in [6.45, 7) is 11.1. The Balaban J connectivity index is 2.20. The highest BCUT2D eigenvalue weighted by atomic mass is 32.2. The maximum absolute atomic E-state index is 12.7. The Morgan fingerprint density at radius 3 is 1.89 bits per heavy atom. The van der Waals surface area contributed by atoms with E-state index in [2.05, 4.69) is 4.72 Å². The van der Waals surface area contributed by atoms with Crippen molar-refractivity contribution >= 4 is 20.0 Å². The van der Waals surface area contributed by atoms with E-state index in [0.717, 1.165) is 0 Å². The zero-order valence-electron chi connectivity index (χ0n) is 16.6. The van der Waals surface area contributed by atoms with Gasteiger partial charge in [0, 0.05) is 18.6 Å². The van der Waals surface area contributed by atoms with Crippen molar-refractivity contribution in [2.45, 2.75) is 56.4 Å². The first-order valence-electron chi connectivity index (χ1n) is 8.95. The van der Waals surface area contributed by atoms with Crippen LogP contribution in [0.15, 0.2) is 34.1 Å². The second kappa shape index (κ2) is 7.79. The van der Waals surface area contributed by atoms with Gasteiger partial charge in [-0.15, -0.1) is 0 Å². The summed E-state index contributed by atoms with van der Waals surface area (Å²) < 4.78 is 60.0. The Hall–Kier alpha value is -1.00. The zero-order valence-corrected chi connectivity index (χ0v) is 18.3. The Kier molecular flexibility index (Phi) is 6.43. The highest BCUT2D eigenvalue weighted by Crippen LogP contribution is 2.28. The molecule has 0 bridgehead atoms. The van der Waals surface area contributed by atoms with Gasteiger partial charge in [-0.2, -0.15) is 4.31 Å². The molecule has 1 aromatic rings. The second-order valence-corrected chi connectivity index (χ2v) is 12.3. The molecule has 0 aliphatic carbocycles. The first-order valence-corrected chi connectivity index (χ1v) is 11.9. The molecule has 0 atom stereocenters. The summed E-state index contributed by atoms with van der Waals surface area (Å²) in [5.74, 6) is 0. The number of rotatable bonds is 6. The van der Waals surface area contributed by atoms with Gasteiger partial charge >= 0.3 is 0 Å². The van der Waals surface area contributed by atoms with Gasteiger partial charge in [-0.1, -0.05) is 20.8 Å². The summed E-state index contributed by atoms with van der Waals surface area (Å²) >= 11 is 0. The lowest BCUT2D eigenvalue weighted by Gasteiger charge is -2.33. The molecule has 0 unspecified atom stereocenters. The molecular formula is C18H30N2O5S2. The topological polar surface area (TPSA) is 92.8 Å². The van der Waals surface area contributed by atoms with Crippen molar-refractivity contribution in [3.8, 4) is 0 Å². The van der Waals surface area contributed by atoms with Crippen LogP contribution < -0.4 is 4.72 Å². The van der Waals surface area contributed by atoms with Crippen LogP contribution in [-0.4, -0.2) is 53.0 Å². The third kappa shape index (κ3) is 5.99. The first kappa shape index (κ1) is 22.3. The van der Waals surface area contributed by atoms with Crippen LogP contribution in [0.3, 0.4) is 0 Å². The summed E-state index contributed by atoms with van der Waals surface area (Å²) in [6.07, 6.45) is 0.655. The second-order valence-electron chi connectivity index (χ2n) is 8.71. The molecule has 9 heteroatoms. The van der Waals surface area contributed by atoms with Gasteiger partial charge in [-0.3, -0.25) is 0 Å². The summed E-state index contributed by atoms with van der Waals surface area (Å²) in [5, 5.41) is 0. The molecule has 1 heterocycles. The fourth-order valence-corrected chi connectivity index (χ4v) is 6.33. The quantitative estimate of drug-likeness (QED) is 0.764. The molecule has 0 radical (unpaired) electrons. The maximum Gasteiger partial charge on any atom is 0.243 e. The van der Waals surface area contributed by atoms with E-state index in [4.69, 9.17) is 4.74 Å². The lowest BCUT2D eigenvalue weighted by molar-refractivity contribution is 0.0730. The van der Waals surface area contributed by atoms with Crippen LogP contribution in [0.1, 0.15) is 41.0 Å². The van der Waals surface area contributed by atoms with Crippen LogP contribution in [0.25, 0.3) is 0 Å². The van der Waals surface area contributed by atoms with Crippen LogP contribution in [0.5, 0.6) is 0 Å². The molecule has 1 fully saturated rings. The van der Waals surface area contributed by atoms with Gasteiger partial charge < -0.3 is 4.74 Å². The molecule has 1 aliphatic rings. The SMILES string of the molecule is CC(C)(C)CC(C)(C)NS(=O)(=O)c1ccc(S(=O)(=O)N2CCOCC2)cc1. The van der Waals surface area contributed by atoms with Crippen molar-refractivity contribution in [2.75, 3.05) is 26.3 Å². The number of nitrogens with one attached hydrogen (secondary N) is 1. The van der Waals surface area contributed by atoms with Gasteiger partial charge in [0.2, 0.25) is 20.0 Å². The van der Waals surface area contributed by atoms with E-state index >= 15 is 0 Å². The van der Waals surface area contributed by atoms with Crippen LogP contribution in [0.4, 0.5) is 0 Å². The average molecular weight is 419 g/mol. The molecule has 1 aliphatic heterocycles. The highest BCUT2D eigenvalue weighted by molar-refractivity contribution is 7.89. The number of morpholine rings is 1. The summed E-state index contributed by atoms with van der Waals surface area (Å²) in [4.78, 5) is 0.128. The number of benzene rings is 1. The van der Waals surface area contributed by atoms with Crippen LogP contribution >= 0.6 is 0 Å². The van der Waals surface area contributed by atoms with E-state index in [0.29, 0.717) is 32.7 Å². The first-order chi connectivity index (χ1) is 12.2. The van der Waals surface area contributed by atoms with Gasteiger partial charge in [0.1, 0.15) is 0 Å². The summed E-state index contributed by atoms with van der Waals surface area (Å²) in [6, 6.07) is 5.36. The number of ether oxygens (including phenoxy) is 1. The molecule has 7 nitrogen and oxygen atoms in total. The molecule has 1 saturated heterocycles. The predicted octanol–water partition coefficient (Wildman–Crippen LogP) is 2.20. The molecule has 27 heavy (non-hydrogen) atoms. The van der Waals surface area contributed by atoms with Crippen molar-refractivity contribution in [2.24, 2.45) is 5.41 Å². The standard InChI is InChI=1S/C18H30N2O5S2/c1-17(2,3)14-18(4,5)19-26(21,22)15-6-8-16(9-7-15)27(23,24)20-10-12-25-13-11-20/h6-9,19H,10-14H2,1-5H3. The van der Waals surface area contributed by atoms with Gasteiger partial charge in [-0.05, 0) is 49.9 Å². The van der Waals surface area contributed by atoms with E-state index in [1.807, 2.05) is 34.6 Å². The lowest BCUT2D eigenvalue weighted by atomic mass is 9.82. The molecule has 154 valence electrons. The average Bonchev–Trinajstić information content (AvgIpc) is 2.52. The van der Waals surface area contributed by atoms with Gasteiger partial charge in [0.25, 0.3) is 0 Å². The van der Waals surface area contributed by atoms with E-state index in [1.165, 1.54) is 28.6 Å². The maximum atomic E-state index is 12.7. The third-order valence-corrected chi connectivity index (χ3v) is 7.75. The lowest BCUT2D eigenvalue weighted by Crippen LogP contribution is -2.45. The predicted molar refractivity (Wildman–Crippen MR) is 104 cm³/mol. The molecule has 0 aromatic heterocycles. The summed E-state index contributed by atoms with van der Waals surface area (Å²) in [7, 11) is -7.40. The van der Waals surface area contributed by atoms with Gasteiger partial charge in [-0.25, -0.2) is 21.6 Å². The molecule has 1 aromatic carbocycles. The Bertz CT molecular complexity index is 848. The van der Waals surface area contributed by atoms with Crippen molar-refractivity contribution in [1.29, 1.82) is 0 Å². The molecule has 0 saturated carbocycles. The normalized spacial score (nSPS) is 17.8. The van der Waals surface area contributed by atoms with Crippen LogP contribution in [0, 0.1) is 5.41 Å².